The molecule has 8 heteroatoms. The van der Waals surface area contributed by atoms with Crippen LogP contribution < -0.4 is 15.2 Å². The van der Waals surface area contributed by atoms with E-state index in [-0.39, 0.29) is 7.43 Å². The van der Waals surface area contributed by atoms with Crippen molar-refractivity contribution in [2.45, 2.75) is 33.4 Å². The molecule has 3 atom stereocenters. The van der Waals surface area contributed by atoms with Crippen LogP contribution in [-0.2, 0) is 0 Å². The molecule has 2 aromatic carbocycles. The predicted molar refractivity (Wildman–Crippen MR) is 156 cm³/mol. The molecule has 0 fully saturated rings. The van der Waals surface area contributed by atoms with Gasteiger partial charge in [-0.2, -0.15) is 4.99 Å². The average molecular weight is 592 g/mol. The monoisotopic (exact) mass is 591 g/mol. The summed E-state index contributed by atoms with van der Waals surface area (Å²) in [6.07, 6.45) is 0. The Hall–Kier alpha value is -1.71. The number of nitrogen functional groups attached to an aromatic ring is 1. The number of nitrogens with zero attached hydrogens (tertiary/aromatic N) is 3. The quantitative estimate of drug-likeness (QED) is 0.126. The summed E-state index contributed by atoms with van der Waals surface area (Å²) >= 11 is 6.20. The third kappa shape index (κ3) is 15.7. The SMILES string of the molecule is C.C[C@H](COc1ccc(N)cc1)N(C)C.C[C@H](COc1ccc(N=C=S)cc1)N(C)C.[2H]C([3H])I. The second kappa shape index (κ2) is 19.7. The van der Waals surface area contributed by atoms with Gasteiger partial charge in [-0.3, -0.25) is 0 Å². The minimum absolute atomic E-state index is 0. The van der Waals surface area contributed by atoms with Gasteiger partial charge in [-0.25, -0.2) is 0 Å². The maximum Gasteiger partial charge on any atom is 0.119 e. The Morgan fingerprint density at radius 2 is 1.36 bits per heavy atom. The Kier molecular flexibility index (Phi) is 17.5. The minimum atomic E-state index is -0.697. The Morgan fingerprint density at radius 3 is 1.70 bits per heavy atom. The molecular weight excluding hydrogens is 547 g/mol. The molecule has 6 nitrogen and oxygen atoms in total. The van der Waals surface area contributed by atoms with Crippen LogP contribution in [0.25, 0.3) is 0 Å². The smallest absolute Gasteiger partial charge is 0.119 e. The maximum absolute atomic E-state index is 6.24. The molecule has 0 aliphatic rings. The average Bonchev–Trinajstić information content (AvgIpc) is 2.78. The van der Waals surface area contributed by atoms with E-state index in [0.29, 0.717) is 25.3 Å². The molecule has 0 saturated heterocycles. The van der Waals surface area contributed by atoms with Crippen molar-refractivity contribution >= 4 is 51.3 Å². The Balaban J connectivity index is 0. The van der Waals surface area contributed by atoms with Crippen LogP contribution >= 0.6 is 34.8 Å². The molecule has 186 valence electrons. The van der Waals surface area contributed by atoms with Gasteiger partial charge in [-0.15, -0.1) is 0 Å². The fraction of sp³-hybridized carbons (Fsp3) is 0.480. The van der Waals surface area contributed by atoms with Gasteiger partial charge >= 0.3 is 0 Å². The van der Waals surface area contributed by atoms with Crippen LogP contribution in [0.2, 0.25) is 0 Å². The van der Waals surface area contributed by atoms with E-state index in [1.54, 1.807) is 22.6 Å². The number of halogens is 1. The van der Waals surface area contributed by atoms with Gasteiger partial charge in [0.15, 0.2) is 0 Å². The molecule has 1 unspecified atom stereocenters. The molecule has 2 aromatic rings. The van der Waals surface area contributed by atoms with Crippen molar-refractivity contribution in [1.82, 2.24) is 9.80 Å². The van der Waals surface area contributed by atoms with Crippen molar-refractivity contribution in [2.75, 3.05) is 52.0 Å². The molecule has 0 aliphatic heterocycles. The van der Waals surface area contributed by atoms with Crippen molar-refractivity contribution in [3.05, 3.63) is 48.5 Å². The molecule has 0 spiro atoms. The molecule has 0 aliphatic carbocycles. The lowest BCUT2D eigenvalue weighted by atomic mass is 10.3. The highest BCUT2D eigenvalue weighted by Crippen LogP contribution is 2.18. The molecule has 2 N–H and O–H groups in total. The fourth-order valence-corrected chi connectivity index (χ4v) is 2.07. The summed E-state index contributed by atoms with van der Waals surface area (Å²) in [5.74, 6) is 1.71. The van der Waals surface area contributed by atoms with Crippen LogP contribution in [0.3, 0.4) is 0 Å². The summed E-state index contributed by atoms with van der Waals surface area (Å²) in [6, 6.07) is 15.7. The Labute approximate surface area is 223 Å². The number of aliphatic imine (C=N–C) groups is 1. The van der Waals surface area contributed by atoms with E-state index < -0.39 is 4.88 Å². The molecule has 0 saturated carbocycles. The highest BCUT2D eigenvalue weighted by atomic mass is 127. The van der Waals surface area contributed by atoms with E-state index in [2.05, 4.69) is 46.0 Å². The van der Waals surface area contributed by atoms with Gasteiger partial charge in [0.2, 0.25) is 0 Å². The first-order valence-corrected chi connectivity index (χ1v) is 11.7. The Bertz CT molecular complexity index is 832. The zero-order chi connectivity index (χ0) is 26.1. The summed E-state index contributed by atoms with van der Waals surface area (Å²) in [5, 5.41) is 2.33. The van der Waals surface area contributed by atoms with Crippen molar-refractivity contribution < 1.29 is 12.2 Å². The number of hydrogen-bond donors (Lipinski definition) is 1. The van der Waals surface area contributed by atoms with Crippen LogP contribution in [0.4, 0.5) is 11.4 Å². The second-order valence-electron chi connectivity index (χ2n) is 7.51. The minimum Gasteiger partial charge on any atom is -0.492 e. The van der Waals surface area contributed by atoms with Crippen LogP contribution in [0, 0.1) is 0 Å². The van der Waals surface area contributed by atoms with Gasteiger partial charge in [-0.05, 0) is 108 Å². The van der Waals surface area contributed by atoms with Crippen molar-refractivity contribution in [1.29, 1.82) is 0 Å². The number of nitrogens with two attached hydrogens (primary N) is 1. The lowest BCUT2D eigenvalue weighted by Gasteiger charge is -2.19. The molecule has 0 amide bonds. The van der Waals surface area contributed by atoms with Gasteiger partial charge in [0, 0.05) is 20.5 Å². The predicted octanol–water partition coefficient (Wildman–Crippen LogP) is 6.03. The fourth-order valence-electron chi connectivity index (χ4n) is 1.97. The molecular formula is C25H41IN4O2S. The maximum atomic E-state index is 6.24. The van der Waals surface area contributed by atoms with Gasteiger partial charge in [-0.1, -0.05) is 30.0 Å². The summed E-state index contributed by atoms with van der Waals surface area (Å²) < 4.78 is 23.7. The molecule has 0 aromatic heterocycles. The van der Waals surface area contributed by atoms with Crippen molar-refractivity contribution in [2.24, 2.45) is 4.99 Å². The first-order valence-electron chi connectivity index (χ1n) is 11.2. The number of rotatable bonds is 9. The number of benzene rings is 2. The Morgan fingerprint density at radius 1 is 1.00 bits per heavy atom. The lowest BCUT2D eigenvalue weighted by Crippen LogP contribution is -2.30. The number of ether oxygens (including phenoxy) is 2. The summed E-state index contributed by atoms with van der Waals surface area (Å²) in [6.45, 7) is 5.60. The number of thiocarbonyl (C=S) groups is 1. The number of anilines is 1. The van der Waals surface area contributed by atoms with Gasteiger partial charge in [0.1, 0.15) is 24.7 Å². The van der Waals surface area contributed by atoms with E-state index in [4.69, 9.17) is 17.9 Å². The van der Waals surface area contributed by atoms with Gasteiger partial charge < -0.3 is 25.0 Å². The van der Waals surface area contributed by atoms with Crippen molar-refractivity contribution in [3.63, 3.8) is 0 Å². The van der Waals surface area contributed by atoms with E-state index in [9.17, 15) is 0 Å². The lowest BCUT2D eigenvalue weighted by molar-refractivity contribution is 0.198. The first-order chi connectivity index (χ1) is 16.0. The number of alkyl halides is 1. The highest BCUT2D eigenvalue weighted by Gasteiger charge is 2.05. The van der Waals surface area contributed by atoms with E-state index >= 15 is 0 Å². The third-order valence-electron chi connectivity index (χ3n) is 4.64. The second-order valence-corrected chi connectivity index (χ2v) is 7.70. The van der Waals surface area contributed by atoms with E-state index in [0.717, 1.165) is 22.9 Å². The van der Waals surface area contributed by atoms with Gasteiger partial charge in [0.05, 0.1) is 10.8 Å². The van der Waals surface area contributed by atoms with Crippen LogP contribution in [0.1, 0.15) is 24.0 Å². The number of likely N-dealkylation sites (N-methyl/N-ethyl adjacent to an activating group) is 2. The van der Waals surface area contributed by atoms with Crippen molar-refractivity contribution in [3.8, 4) is 11.5 Å². The van der Waals surface area contributed by atoms with Crippen LogP contribution in [-0.4, -0.2) is 73.3 Å². The molecule has 2 rings (SSSR count). The zero-order valence-corrected chi connectivity index (χ0v) is 22.8. The summed E-state index contributed by atoms with van der Waals surface area (Å²) in [7, 11) is 8.14. The van der Waals surface area contributed by atoms with E-state index in [1.807, 2.05) is 76.7 Å². The zero-order valence-electron chi connectivity index (χ0n) is 21.8. The largest absolute Gasteiger partial charge is 0.492 e. The first kappa shape index (κ1) is 29.3. The van der Waals surface area contributed by atoms with Gasteiger partial charge in [0.25, 0.3) is 0 Å². The molecule has 0 radical (unpaired) electrons. The third-order valence-corrected chi connectivity index (χ3v) is 4.73. The number of hydrogen-bond acceptors (Lipinski definition) is 7. The molecule has 0 bridgehead atoms. The summed E-state index contributed by atoms with van der Waals surface area (Å²) in [5.41, 5.74) is 7.12. The number of isothiocyanates is 1. The molecule has 0 heterocycles. The molecule has 33 heavy (non-hydrogen) atoms. The topological polar surface area (TPSA) is 63.3 Å². The van der Waals surface area contributed by atoms with Crippen LogP contribution in [0.5, 0.6) is 11.5 Å². The highest BCUT2D eigenvalue weighted by molar-refractivity contribution is 14.1. The van der Waals surface area contributed by atoms with Crippen LogP contribution in [0.15, 0.2) is 53.5 Å². The van der Waals surface area contributed by atoms with E-state index in [1.165, 1.54) is 0 Å². The summed E-state index contributed by atoms with van der Waals surface area (Å²) in [4.78, 5) is 7.41. The normalized spacial score (nSPS) is 13.2. The standard InChI is InChI=1S/C12H16N2OS.C11H18N2O.CH3I.CH4/c1-10(14(2)3)8-15-12-6-4-11(5-7-12)13-9-16;1-9(13(2)3)8-14-11-6-4-10(12)5-7-11;1-2;/h4-7,10H,8H2,1-3H3;4-7,9H,8,12H2,1-3H3;1H3;1H4/t10-;9-;;/m11../s1/i;;1TD;.